The average Bonchev–Trinajstić information content (AvgIpc) is 3.13. The third-order valence-corrected chi connectivity index (χ3v) is 5.43. The van der Waals surface area contributed by atoms with E-state index < -0.39 is 6.10 Å². The van der Waals surface area contributed by atoms with Crippen molar-refractivity contribution in [1.29, 1.82) is 0 Å². The quantitative estimate of drug-likeness (QED) is 0.479. The Morgan fingerprint density at radius 3 is 2.39 bits per heavy atom. The predicted molar refractivity (Wildman–Crippen MR) is 115 cm³/mol. The normalized spacial score (nSPS) is 11.9. The van der Waals surface area contributed by atoms with E-state index in [-0.39, 0.29) is 5.91 Å². The van der Waals surface area contributed by atoms with Gasteiger partial charge in [0.05, 0.1) is 10.2 Å². The van der Waals surface area contributed by atoms with Gasteiger partial charge in [-0.25, -0.2) is 4.98 Å². The summed E-state index contributed by atoms with van der Waals surface area (Å²) in [5.41, 5.74) is 4.27. The minimum atomic E-state index is -0.629. The average molecular weight is 388 g/mol. The molecule has 1 unspecified atom stereocenters. The van der Waals surface area contributed by atoms with E-state index >= 15 is 0 Å². The van der Waals surface area contributed by atoms with Crippen LogP contribution in [0.2, 0.25) is 0 Å². The van der Waals surface area contributed by atoms with E-state index in [1.807, 2.05) is 67.6 Å². The zero-order valence-corrected chi connectivity index (χ0v) is 16.5. The van der Waals surface area contributed by atoms with Crippen molar-refractivity contribution < 1.29 is 9.53 Å². The zero-order chi connectivity index (χ0) is 19.5. The van der Waals surface area contributed by atoms with Crippen LogP contribution in [0.15, 0.2) is 72.8 Å². The van der Waals surface area contributed by atoms with Gasteiger partial charge in [-0.2, -0.15) is 0 Å². The lowest BCUT2D eigenvalue weighted by Gasteiger charge is -2.14. The molecule has 0 saturated carbocycles. The molecule has 140 valence electrons. The Morgan fingerprint density at radius 2 is 1.68 bits per heavy atom. The second kappa shape index (κ2) is 7.82. The van der Waals surface area contributed by atoms with Gasteiger partial charge in [0.1, 0.15) is 5.75 Å². The molecule has 1 aromatic heterocycles. The molecule has 1 N–H and O–H groups in total. The van der Waals surface area contributed by atoms with Crippen LogP contribution in [0.25, 0.3) is 21.3 Å². The topological polar surface area (TPSA) is 51.2 Å². The number of ether oxygens (including phenoxy) is 1. The number of carbonyl (C=O) groups is 1. The van der Waals surface area contributed by atoms with Crippen molar-refractivity contribution >= 4 is 32.6 Å². The van der Waals surface area contributed by atoms with E-state index in [1.54, 1.807) is 6.92 Å². The van der Waals surface area contributed by atoms with Gasteiger partial charge in [-0.15, -0.1) is 0 Å². The molecule has 0 bridgehead atoms. The number of aromatic nitrogens is 1. The van der Waals surface area contributed by atoms with Crippen molar-refractivity contribution in [2.75, 3.05) is 5.32 Å². The first-order valence-electron chi connectivity index (χ1n) is 9.09. The summed E-state index contributed by atoms with van der Waals surface area (Å²) in [4.78, 5) is 17.0. The molecule has 4 rings (SSSR count). The third kappa shape index (κ3) is 3.89. The first-order chi connectivity index (χ1) is 13.6. The highest BCUT2D eigenvalue weighted by Crippen LogP contribution is 2.28. The highest BCUT2D eigenvalue weighted by Gasteiger charge is 2.17. The minimum Gasteiger partial charge on any atom is -0.481 e. The highest BCUT2D eigenvalue weighted by atomic mass is 32.1. The van der Waals surface area contributed by atoms with Crippen LogP contribution >= 0.6 is 11.3 Å². The fraction of sp³-hybridized carbons (Fsp3) is 0.130. The summed E-state index contributed by atoms with van der Waals surface area (Å²) >= 11 is 1.46. The Morgan fingerprint density at radius 1 is 0.964 bits per heavy atom. The monoisotopic (exact) mass is 388 g/mol. The number of benzene rings is 3. The van der Waals surface area contributed by atoms with Crippen LogP contribution in [0.4, 0.5) is 5.13 Å². The maximum absolute atomic E-state index is 12.5. The molecule has 1 amide bonds. The number of nitrogens with one attached hydrogen (secondary N) is 1. The Kier molecular flexibility index (Phi) is 5.08. The van der Waals surface area contributed by atoms with E-state index in [4.69, 9.17) is 4.74 Å². The molecule has 0 fully saturated rings. The summed E-state index contributed by atoms with van der Waals surface area (Å²) in [5, 5.41) is 3.45. The van der Waals surface area contributed by atoms with E-state index in [0.29, 0.717) is 10.9 Å². The maximum Gasteiger partial charge on any atom is 0.266 e. The number of para-hydroxylation sites is 1. The first-order valence-corrected chi connectivity index (χ1v) is 9.91. The van der Waals surface area contributed by atoms with Crippen molar-refractivity contribution in [2.45, 2.75) is 20.0 Å². The van der Waals surface area contributed by atoms with E-state index in [9.17, 15) is 4.79 Å². The Hall–Kier alpha value is -3.18. The Bertz CT molecular complexity index is 1100. The molecule has 0 spiro atoms. The van der Waals surface area contributed by atoms with Gasteiger partial charge in [-0.05, 0) is 48.7 Å². The van der Waals surface area contributed by atoms with Crippen LogP contribution in [-0.4, -0.2) is 17.0 Å². The first kappa shape index (κ1) is 18.2. The lowest BCUT2D eigenvalue weighted by atomic mass is 10.1. The molecular formula is C23H20N2O2S. The summed E-state index contributed by atoms with van der Waals surface area (Å²) < 4.78 is 6.86. The fourth-order valence-electron chi connectivity index (χ4n) is 2.96. The van der Waals surface area contributed by atoms with Gasteiger partial charge in [0.2, 0.25) is 0 Å². The molecule has 4 nitrogen and oxygen atoms in total. The van der Waals surface area contributed by atoms with Gasteiger partial charge in [-0.1, -0.05) is 65.9 Å². The second-order valence-electron chi connectivity index (χ2n) is 6.58. The van der Waals surface area contributed by atoms with E-state index in [1.165, 1.54) is 11.3 Å². The molecule has 5 heteroatoms. The van der Waals surface area contributed by atoms with Gasteiger partial charge in [0, 0.05) is 0 Å². The van der Waals surface area contributed by atoms with Crippen LogP contribution in [0.3, 0.4) is 0 Å². The number of hydrogen-bond acceptors (Lipinski definition) is 4. The molecule has 1 heterocycles. The summed E-state index contributed by atoms with van der Waals surface area (Å²) in [6.07, 6.45) is -0.629. The molecule has 4 aromatic rings. The van der Waals surface area contributed by atoms with Crippen LogP contribution in [0, 0.1) is 6.92 Å². The van der Waals surface area contributed by atoms with E-state index in [0.717, 1.165) is 26.9 Å². The number of nitrogens with zero attached hydrogens (tertiary/aromatic N) is 1. The predicted octanol–water partition coefficient (Wildman–Crippen LogP) is 5.68. The SMILES string of the molecule is Cc1cccc2sc(NC(=O)C(C)Oc3ccc(-c4ccccc4)cc3)nc12. The standard InChI is InChI=1S/C23H20N2O2S/c1-15-7-6-10-20-21(15)24-23(28-20)25-22(26)16(2)27-19-13-11-18(12-14-19)17-8-4-3-5-9-17/h3-14,16H,1-2H3,(H,24,25,26). The number of aryl methyl sites for hydroxylation is 1. The third-order valence-electron chi connectivity index (χ3n) is 4.49. The highest BCUT2D eigenvalue weighted by molar-refractivity contribution is 7.22. The molecule has 0 aliphatic carbocycles. The van der Waals surface area contributed by atoms with Crippen molar-refractivity contribution in [2.24, 2.45) is 0 Å². The van der Waals surface area contributed by atoms with Crippen LogP contribution in [-0.2, 0) is 4.79 Å². The molecule has 1 atom stereocenters. The van der Waals surface area contributed by atoms with Crippen molar-refractivity contribution in [1.82, 2.24) is 4.98 Å². The van der Waals surface area contributed by atoms with Crippen molar-refractivity contribution in [3.05, 3.63) is 78.4 Å². The number of anilines is 1. The second-order valence-corrected chi connectivity index (χ2v) is 7.61. The van der Waals surface area contributed by atoms with Crippen LogP contribution < -0.4 is 10.1 Å². The van der Waals surface area contributed by atoms with Gasteiger partial charge in [0.15, 0.2) is 11.2 Å². The van der Waals surface area contributed by atoms with Crippen molar-refractivity contribution in [3.63, 3.8) is 0 Å². The maximum atomic E-state index is 12.5. The lowest BCUT2D eigenvalue weighted by molar-refractivity contribution is -0.122. The lowest BCUT2D eigenvalue weighted by Crippen LogP contribution is -2.30. The number of rotatable bonds is 5. The number of fused-ring (bicyclic) bond motifs is 1. The van der Waals surface area contributed by atoms with Crippen LogP contribution in [0.1, 0.15) is 12.5 Å². The van der Waals surface area contributed by atoms with Gasteiger partial charge in [0.25, 0.3) is 5.91 Å². The summed E-state index contributed by atoms with van der Waals surface area (Å²) in [5.74, 6) is 0.436. The minimum absolute atomic E-state index is 0.219. The van der Waals surface area contributed by atoms with Gasteiger partial charge >= 0.3 is 0 Å². The number of hydrogen-bond donors (Lipinski definition) is 1. The Labute approximate surface area is 167 Å². The van der Waals surface area contributed by atoms with Gasteiger partial charge < -0.3 is 4.74 Å². The van der Waals surface area contributed by atoms with Gasteiger partial charge in [-0.3, -0.25) is 10.1 Å². The summed E-state index contributed by atoms with van der Waals surface area (Å²) in [7, 11) is 0. The molecule has 0 aliphatic rings. The molecule has 0 saturated heterocycles. The molecule has 0 radical (unpaired) electrons. The smallest absolute Gasteiger partial charge is 0.266 e. The van der Waals surface area contributed by atoms with Crippen molar-refractivity contribution in [3.8, 4) is 16.9 Å². The molecule has 28 heavy (non-hydrogen) atoms. The Balaban J connectivity index is 1.42. The molecule has 0 aliphatic heterocycles. The number of carbonyl (C=O) groups excluding carboxylic acids is 1. The molecule has 3 aromatic carbocycles. The van der Waals surface area contributed by atoms with Crippen LogP contribution in [0.5, 0.6) is 5.75 Å². The largest absolute Gasteiger partial charge is 0.481 e. The molecular weight excluding hydrogens is 368 g/mol. The number of amides is 1. The zero-order valence-electron chi connectivity index (χ0n) is 15.7. The summed E-state index contributed by atoms with van der Waals surface area (Å²) in [6, 6.07) is 23.9. The number of thiazole rings is 1. The summed E-state index contributed by atoms with van der Waals surface area (Å²) in [6.45, 7) is 3.75. The van der Waals surface area contributed by atoms with E-state index in [2.05, 4.69) is 22.4 Å². The fourth-order valence-corrected chi connectivity index (χ4v) is 3.91.